The van der Waals surface area contributed by atoms with Gasteiger partial charge >= 0.3 is 0 Å². The molecule has 7 nitrogen and oxygen atoms in total. The number of piperazine rings is 1. The summed E-state index contributed by atoms with van der Waals surface area (Å²) in [5, 5.41) is 0.554. The van der Waals surface area contributed by atoms with Crippen LogP contribution in [0.3, 0.4) is 0 Å². The third-order valence-corrected chi connectivity index (χ3v) is 5.36. The van der Waals surface area contributed by atoms with Crippen molar-refractivity contribution in [3.05, 3.63) is 43.0 Å². The molecule has 3 heterocycles. The molecule has 0 spiro atoms. The van der Waals surface area contributed by atoms with Crippen molar-refractivity contribution in [1.29, 1.82) is 0 Å². The van der Waals surface area contributed by atoms with Gasteiger partial charge in [-0.25, -0.2) is 9.97 Å². The lowest BCUT2D eigenvalue weighted by Crippen LogP contribution is -2.49. The Bertz CT molecular complexity index is 822. The standard InChI is InChI=1S/C18H21N5O2S/c24-17(13-26-18-20-15-3-1-2-4-16(15)25-18)23-11-9-21(10-12-23)7-8-22-6-5-19-14-22/h1-6,14H,7-13H2. The van der Waals surface area contributed by atoms with Gasteiger partial charge in [-0.1, -0.05) is 23.9 Å². The first-order chi connectivity index (χ1) is 12.8. The van der Waals surface area contributed by atoms with Crippen molar-refractivity contribution >= 4 is 28.8 Å². The maximum Gasteiger partial charge on any atom is 0.257 e. The number of carbonyl (C=O) groups is 1. The van der Waals surface area contributed by atoms with Gasteiger partial charge in [-0.3, -0.25) is 9.69 Å². The van der Waals surface area contributed by atoms with E-state index in [1.807, 2.05) is 41.7 Å². The molecule has 0 radical (unpaired) electrons. The SMILES string of the molecule is O=C(CSc1nc2ccccc2o1)N1CCN(CCn2ccnc2)CC1. The largest absolute Gasteiger partial charge is 0.431 e. The van der Waals surface area contributed by atoms with E-state index in [9.17, 15) is 4.79 Å². The Labute approximate surface area is 156 Å². The number of hydrogen-bond donors (Lipinski definition) is 0. The van der Waals surface area contributed by atoms with E-state index in [0.717, 1.165) is 50.4 Å². The molecule has 0 atom stereocenters. The minimum Gasteiger partial charge on any atom is -0.431 e. The monoisotopic (exact) mass is 371 g/mol. The fourth-order valence-electron chi connectivity index (χ4n) is 3.02. The average Bonchev–Trinajstić information content (AvgIpc) is 3.34. The Kier molecular flexibility index (Phi) is 5.21. The number of aromatic nitrogens is 3. The fourth-order valence-corrected chi connectivity index (χ4v) is 3.77. The van der Waals surface area contributed by atoms with Gasteiger partial charge in [-0.15, -0.1) is 0 Å². The number of oxazole rings is 1. The van der Waals surface area contributed by atoms with Gasteiger partial charge in [0.15, 0.2) is 5.58 Å². The molecular weight excluding hydrogens is 350 g/mol. The van der Waals surface area contributed by atoms with Crippen molar-refractivity contribution in [2.45, 2.75) is 11.8 Å². The number of benzene rings is 1. The van der Waals surface area contributed by atoms with E-state index in [1.165, 1.54) is 11.8 Å². The Morgan fingerprint density at radius 3 is 2.77 bits per heavy atom. The van der Waals surface area contributed by atoms with Crippen molar-refractivity contribution < 1.29 is 9.21 Å². The zero-order valence-electron chi connectivity index (χ0n) is 14.5. The van der Waals surface area contributed by atoms with Gasteiger partial charge < -0.3 is 13.9 Å². The van der Waals surface area contributed by atoms with Crippen molar-refractivity contribution in [2.75, 3.05) is 38.5 Å². The van der Waals surface area contributed by atoms with Gasteiger partial charge in [0.05, 0.1) is 12.1 Å². The van der Waals surface area contributed by atoms with E-state index >= 15 is 0 Å². The second-order valence-corrected chi connectivity index (χ2v) is 7.19. The Balaban J connectivity index is 1.22. The zero-order valence-corrected chi connectivity index (χ0v) is 15.3. The zero-order chi connectivity index (χ0) is 17.8. The van der Waals surface area contributed by atoms with Gasteiger partial charge in [0.2, 0.25) is 5.91 Å². The van der Waals surface area contributed by atoms with Crippen LogP contribution in [0.25, 0.3) is 11.1 Å². The van der Waals surface area contributed by atoms with E-state index in [4.69, 9.17) is 4.42 Å². The minimum absolute atomic E-state index is 0.145. The first-order valence-corrected chi connectivity index (χ1v) is 9.71. The number of carbonyl (C=O) groups excluding carboxylic acids is 1. The van der Waals surface area contributed by atoms with Crippen LogP contribution in [0.4, 0.5) is 0 Å². The van der Waals surface area contributed by atoms with Gasteiger partial charge in [0.1, 0.15) is 5.52 Å². The molecule has 0 unspecified atom stereocenters. The van der Waals surface area contributed by atoms with Gasteiger partial charge in [0, 0.05) is 51.7 Å². The predicted molar refractivity (Wildman–Crippen MR) is 100.0 cm³/mol. The summed E-state index contributed by atoms with van der Waals surface area (Å²) in [6.07, 6.45) is 5.61. The summed E-state index contributed by atoms with van der Waals surface area (Å²) >= 11 is 1.36. The van der Waals surface area contributed by atoms with Crippen LogP contribution in [0.2, 0.25) is 0 Å². The lowest BCUT2D eigenvalue weighted by Gasteiger charge is -2.34. The highest BCUT2D eigenvalue weighted by atomic mass is 32.2. The number of para-hydroxylation sites is 2. The van der Waals surface area contributed by atoms with Crippen LogP contribution in [0.15, 0.2) is 52.6 Å². The molecule has 3 aromatic rings. The van der Waals surface area contributed by atoms with Crippen LogP contribution in [0.1, 0.15) is 0 Å². The highest BCUT2D eigenvalue weighted by Gasteiger charge is 2.21. The molecule has 1 aliphatic rings. The van der Waals surface area contributed by atoms with Crippen molar-refractivity contribution in [1.82, 2.24) is 24.3 Å². The highest BCUT2D eigenvalue weighted by Crippen LogP contribution is 2.23. The summed E-state index contributed by atoms with van der Waals surface area (Å²) in [6.45, 7) is 5.29. The van der Waals surface area contributed by atoms with Gasteiger partial charge in [-0.2, -0.15) is 0 Å². The molecule has 1 saturated heterocycles. The first kappa shape index (κ1) is 17.1. The lowest BCUT2D eigenvalue weighted by molar-refractivity contribution is -0.130. The lowest BCUT2D eigenvalue weighted by atomic mass is 10.3. The molecule has 1 amide bonds. The molecular formula is C18H21N5O2S. The van der Waals surface area contributed by atoms with E-state index < -0.39 is 0 Å². The third-order valence-electron chi connectivity index (χ3n) is 4.55. The number of hydrogen-bond acceptors (Lipinski definition) is 6. The molecule has 0 saturated carbocycles. The van der Waals surface area contributed by atoms with Crippen molar-refractivity contribution in [3.8, 4) is 0 Å². The van der Waals surface area contributed by atoms with Gasteiger partial charge in [-0.05, 0) is 12.1 Å². The smallest absolute Gasteiger partial charge is 0.257 e. The summed E-state index contributed by atoms with van der Waals surface area (Å²) in [7, 11) is 0. The van der Waals surface area contributed by atoms with Crippen LogP contribution in [0.5, 0.6) is 0 Å². The van der Waals surface area contributed by atoms with E-state index in [-0.39, 0.29) is 5.91 Å². The van der Waals surface area contributed by atoms with Crippen LogP contribution in [0, 0.1) is 0 Å². The molecule has 2 aromatic heterocycles. The minimum atomic E-state index is 0.145. The first-order valence-electron chi connectivity index (χ1n) is 8.72. The Morgan fingerprint density at radius 1 is 1.15 bits per heavy atom. The quantitative estimate of drug-likeness (QED) is 0.617. The highest BCUT2D eigenvalue weighted by molar-refractivity contribution is 7.99. The molecule has 136 valence electrons. The summed E-state index contributed by atoms with van der Waals surface area (Å²) in [6, 6.07) is 7.64. The van der Waals surface area contributed by atoms with Gasteiger partial charge in [0.25, 0.3) is 5.22 Å². The average molecular weight is 371 g/mol. The molecule has 4 rings (SSSR count). The second kappa shape index (κ2) is 7.92. The van der Waals surface area contributed by atoms with Crippen molar-refractivity contribution in [2.24, 2.45) is 0 Å². The number of fused-ring (bicyclic) bond motifs is 1. The molecule has 0 aliphatic carbocycles. The number of nitrogens with zero attached hydrogens (tertiary/aromatic N) is 5. The summed E-state index contributed by atoms with van der Waals surface area (Å²) < 4.78 is 7.73. The van der Waals surface area contributed by atoms with Crippen LogP contribution in [-0.4, -0.2) is 68.7 Å². The van der Waals surface area contributed by atoms with Crippen molar-refractivity contribution in [3.63, 3.8) is 0 Å². The van der Waals surface area contributed by atoms with Crippen LogP contribution in [-0.2, 0) is 11.3 Å². The molecule has 1 aliphatic heterocycles. The molecule has 0 N–H and O–H groups in total. The fraction of sp³-hybridized carbons (Fsp3) is 0.389. The normalized spacial score (nSPS) is 15.6. The Morgan fingerprint density at radius 2 is 2.00 bits per heavy atom. The van der Waals surface area contributed by atoms with E-state index in [2.05, 4.69) is 19.4 Å². The number of thioether (sulfide) groups is 1. The summed E-state index contributed by atoms with van der Waals surface area (Å²) in [4.78, 5) is 25.2. The molecule has 1 aromatic carbocycles. The number of imidazole rings is 1. The topological polar surface area (TPSA) is 67.4 Å². The molecule has 1 fully saturated rings. The molecule has 0 bridgehead atoms. The predicted octanol–water partition coefficient (Wildman–Crippen LogP) is 1.96. The Hall–Kier alpha value is -2.32. The summed E-state index contributed by atoms with van der Waals surface area (Å²) in [5.41, 5.74) is 1.59. The van der Waals surface area contributed by atoms with Crippen LogP contribution >= 0.6 is 11.8 Å². The maximum absolute atomic E-state index is 12.4. The maximum atomic E-state index is 12.4. The third kappa shape index (κ3) is 4.08. The molecule has 8 heteroatoms. The van der Waals surface area contributed by atoms with Crippen LogP contribution < -0.4 is 0 Å². The summed E-state index contributed by atoms with van der Waals surface area (Å²) in [5.74, 6) is 0.508. The van der Waals surface area contributed by atoms with E-state index in [1.54, 1.807) is 6.20 Å². The number of amides is 1. The second-order valence-electron chi connectivity index (χ2n) is 6.26. The molecule has 26 heavy (non-hydrogen) atoms. The number of rotatable bonds is 6. The van der Waals surface area contributed by atoms with E-state index in [0.29, 0.717) is 11.0 Å².